The van der Waals surface area contributed by atoms with Crippen molar-refractivity contribution >= 4 is 34.4 Å². The predicted molar refractivity (Wildman–Crippen MR) is 102 cm³/mol. The van der Waals surface area contributed by atoms with Crippen molar-refractivity contribution in [3.63, 3.8) is 0 Å². The second kappa shape index (κ2) is 6.02. The molecule has 0 bridgehead atoms. The second-order valence-electron chi connectivity index (χ2n) is 6.35. The number of benzene rings is 3. The molecule has 4 rings (SSSR count). The topological polar surface area (TPSA) is 187 Å². The van der Waals surface area contributed by atoms with Crippen LogP contribution in [0.15, 0.2) is 30.3 Å². The van der Waals surface area contributed by atoms with Crippen molar-refractivity contribution in [1.82, 2.24) is 4.57 Å². The maximum Gasteiger partial charge on any atom is 0.496 e. The summed E-state index contributed by atoms with van der Waals surface area (Å²) in [6.45, 7) is 0. The zero-order chi connectivity index (χ0) is 21.2. The zero-order valence-corrected chi connectivity index (χ0v) is 14.4. The summed E-state index contributed by atoms with van der Waals surface area (Å²) in [6.07, 6.45) is 0. The van der Waals surface area contributed by atoms with Crippen LogP contribution in [-0.4, -0.2) is 57.5 Å². The highest BCUT2D eigenvalue weighted by molar-refractivity contribution is 6.62. The van der Waals surface area contributed by atoms with E-state index >= 15 is 0 Å². The first-order chi connectivity index (χ1) is 13.7. The molecule has 0 saturated heterocycles. The van der Waals surface area contributed by atoms with Gasteiger partial charge in [0, 0.05) is 5.69 Å². The van der Waals surface area contributed by atoms with Crippen molar-refractivity contribution in [2.24, 2.45) is 0 Å². The summed E-state index contributed by atoms with van der Waals surface area (Å²) in [5.74, 6) is -6.87. The van der Waals surface area contributed by atoms with Crippen LogP contribution in [0.1, 0.15) is 0 Å². The highest BCUT2D eigenvalue weighted by Crippen LogP contribution is 2.55. The fourth-order valence-electron chi connectivity index (χ4n) is 3.50. The van der Waals surface area contributed by atoms with Crippen molar-refractivity contribution in [1.29, 1.82) is 0 Å². The van der Waals surface area contributed by atoms with Gasteiger partial charge in [-0.1, -0.05) is 18.2 Å². The van der Waals surface area contributed by atoms with E-state index in [0.717, 1.165) is 4.57 Å². The Morgan fingerprint density at radius 3 is 1.59 bits per heavy atom. The number of phenolic OH excluding ortho intramolecular Hbond substituents is 7. The normalized spacial score (nSPS) is 11.4. The third kappa shape index (κ3) is 2.25. The van der Waals surface area contributed by atoms with Crippen molar-refractivity contribution in [3.8, 4) is 45.9 Å². The average Bonchev–Trinajstić information content (AvgIpc) is 3.06. The van der Waals surface area contributed by atoms with Crippen molar-refractivity contribution in [3.05, 3.63) is 30.3 Å². The van der Waals surface area contributed by atoms with Gasteiger partial charge in [0.15, 0.2) is 23.0 Å². The van der Waals surface area contributed by atoms with Gasteiger partial charge in [-0.2, -0.15) is 0 Å². The number of para-hydroxylation sites is 1. The van der Waals surface area contributed by atoms with Gasteiger partial charge in [0.05, 0.1) is 16.2 Å². The molecule has 0 aliphatic carbocycles. The number of hydrogen-bond acceptors (Lipinski definition) is 9. The Morgan fingerprint density at radius 2 is 1.03 bits per heavy atom. The molecule has 1 heterocycles. The minimum Gasteiger partial charge on any atom is -0.507 e. The number of rotatable bonds is 2. The number of aromatic nitrogens is 1. The Balaban J connectivity index is 2.43. The van der Waals surface area contributed by atoms with E-state index < -0.39 is 63.6 Å². The molecule has 10 nitrogen and oxygen atoms in total. The predicted octanol–water partition coefficient (Wildman–Crippen LogP) is 0.403. The summed E-state index contributed by atoms with van der Waals surface area (Å²) < 4.78 is 1.11. The smallest absolute Gasteiger partial charge is 0.496 e. The monoisotopic (exact) mass is 399 g/mol. The van der Waals surface area contributed by atoms with Gasteiger partial charge in [-0.3, -0.25) is 0 Å². The third-order valence-electron chi connectivity index (χ3n) is 4.77. The van der Waals surface area contributed by atoms with Crippen LogP contribution in [0.4, 0.5) is 0 Å². The maximum absolute atomic E-state index is 10.6. The van der Waals surface area contributed by atoms with E-state index in [1.807, 2.05) is 0 Å². The van der Waals surface area contributed by atoms with Crippen molar-refractivity contribution in [2.75, 3.05) is 0 Å². The van der Waals surface area contributed by atoms with E-state index in [9.17, 15) is 45.8 Å². The van der Waals surface area contributed by atoms with Crippen LogP contribution in [-0.2, 0) is 0 Å². The van der Waals surface area contributed by atoms with Gasteiger partial charge >= 0.3 is 7.12 Å². The van der Waals surface area contributed by atoms with Gasteiger partial charge in [0.25, 0.3) is 0 Å². The van der Waals surface area contributed by atoms with Crippen LogP contribution < -0.4 is 5.46 Å². The van der Waals surface area contributed by atoms with Gasteiger partial charge in [0.1, 0.15) is 16.8 Å². The lowest BCUT2D eigenvalue weighted by Crippen LogP contribution is -2.30. The molecule has 0 aliphatic rings. The molecular weight excluding hydrogens is 385 g/mol. The first-order valence-corrected chi connectivity index (χ1v) is 8.20. The van der Waals surface area contributed by atoms with Gasteiger partial charge in [-0.05, 0) is 12.1 Å². The van der Waals surface area contributed by atoms with Crippen LogP contribution >= 0.6 is 0 Å². The fourth-order valence-corrected chi connectivity index (χ4v) is 3.50. The number of nitrogens with zero attached hydrogens (tertiary/aromatic N) is 1. The first-order valence-electron chi connectivity index (χ1n) is 8.20. The van der Waals surface area contributed by atoms with Gasteiger partial charge < -0.3 is 50.4 Å². The van der Waals surface area contributed by atoms with Crippen LogP contribution in [0.5, 0.6) is 40.2 Å². The molecular formula is C18H14BNO9. The molecule has 0 saturated carbocycles. The Bertz CT molecular complexity index is 1300. The maximum atomic E-state index is 10.6. The molecule has 0 spiro atoms. The largest absolute Gasteiger partial charge is 0.507 e. The molecule has 11 heteroatoms. The standard InChI is InChI=1S/C18H14BNO9/c21-12-7-8-11(16(25)18(27)17(26)13(8)22)20(6-4-2-1-3-5-6)10(7)15(24)14(23)9(12)19(28)29/h1-5,21-29H. The van der Waals surface area contributed by atoms with Crippen molar-refractivity contribution < 1.29 is 45.8 Å². The lowest BCUT2D eigenvalue weighted by atomic mass is 9.77. The molecule has 1 aromatic heterocycles. The summed E-state index contributed by atoms with van der Waals surface area (Å²) in [6, 6.07) is 7.94. The molecule has 0 amide bonds. The van der Waals surface area contributed by atoms with Crippen LogP contribution in [0.2, 0.25) is 0 Å². The first kappa shape index (κ1) is 18.4. The highest BCUT2D eigenvalue weighted by atomic mass is 16.4. The van der Waals surface area contributed by atoms with Gasteiger partial charge in [0.2, 0.25) is 11.5 Å². The van der Waals surface area contributed by atoms with E-state index in [2.05, 4.69) is 0 Å². The Kier molecular flexibility index (Phi) is 3.82. The lowest BCUT2D eigenvalue weighted by Gasteiger charge is -2.13. The Morgan fingerprint density at radius 1 is 0.552 bits per heavy atom. The molecule has 0 aliphatic heterocycles. The summed E-state index contributed by atoms with van der Waals surface area (Å²) >= 11 is 0. The minimum absolute atomic E-state index is 0.277. The molecule has 0 atom stereocenters. The van der Waals surface area contributed by atoms with Gasteiger partial charge in [-0.15, -0.1) is 0 Å². The van der Waals surface area contributed by atoms with Crippen LogP contribution in [0, 0.1) is 0 Å². The molecule has 9 N–H and O–H groups in total. The van der Waals surface area contributed by atoms with E-state index in [1.54, 1.807) is 18.2 Å². The quantitative estimate of drug-likeness (QED) is 0.131. The zero-order valence-electron chi connectivity index (χ0n) is 14.4. The molecule has 3 aromatic carbocycles. The molecule has 0 radical (unpaired) electrons. The highest BCUT2D eigenvalue weighted by Gasteiger charge is 2.34. The second-order valence-corrected chi connectivity index (χ2v) is 6.35. The fraction of sp³-hybridized carbons (Fsp3) is 0. The molecule has 148 valence electrons. The van der Waals surface area contributed by atoms with Crippen LogP contribution in [0.3, 0.4) is 0 Å². The minimum atomic E-state index is -2.40. The SMILES string of the molecule is OB(O)c1c(O)c(O)c2c(c1O)c1c(O)c(O)c(O)c(O)c1n2-c1ccccc1. The summed E-state index contributed by atoms with van der Waals surface area (Å²) in [5, 5.41) is 90.4. The number of aromatic hydroxyl groups is 7. The summed E-state index contributed by atoms with van der Waals surface area (Å²) in [7, 11) is -2.40. The number of hydrogen-bond donors (Lipinski definition) is 9. The Hall–Kier alpha value is -3.96. The number of fused-ring (bicyclic) bond motifs is 3. The molecule has 4 aromatic rings. The van der Waals surface area contributed by atoms with Crippen molar-refractivity contribution in [2.45, 2.75) is 0 Å². The van der Waals surface area contributed by atoms with Gasteiger partial charge in [-0.25, -0.2) is 0 Å². The Labute approximate surface area is 161 Å². The van der Waals surface area contributed by atoms with E-state index in [0.29, 0.717) is 0 Å². The van der Waals surface area contributed by atoms with E-state index in [-0.39, 0.29) is 16.7 Å². The number of phenols is 7. The average molecular weight is 399 g/mol. The summed E-state index contributed by atoms with van der Waals surface area (Å²) in [4.78, 5) is 0. The molecule has 0 unspecified atom stereocenters. The van der Waals surface area contributed by atoms with Crippen LogP contribution in [0.25, 0.3) is 27.5 Å². The summed E-state index contributed by atoms with van der Waals surface area (Å²) in [5.41, 5.74) is -1.23. The lowest BCUT2D eigenvalue weighted by molar-refractivity contribution is 0.350. The molecule has 29 heavy (non-hydrogen) atoms. The van der Waals surface area contributed by atoms with E-state index in [4.69, 9.17) is 0 Å². The molecule has 0 fully saturated rings. The van der Waals surface area contributed by atoms with E-state index in [1.165, 1.54) is 12.1 Å². The third-order valence-corrected chi connectivity index (χ3v) is 4.77.